The van der Waals surface area contributed by atoms with E-state index in [0.29, 0.717) is 27.9 Å². The first-order chi connectivity index (χ1) is 12.0. The summed E-state index contributed by atoms with van der Waals surface area (Å²) in [5.74, 6) is -0.471. The molecule has 1 aromatic carbocycles. The number of thioether (sulfide) groups is 1. The van der Waals surface area contributed by atoms with Crippen molar-refractivity contribution in [3.8, 4) is 0 Å². The number of fused-ring (bicyclic) bond motifs is 1. The number of amides is 1. The number of amidine groups is 1. The quantitative estimate of drug-likeness (QED) is 0.744. The first kappa shape index (κ1) is 18.0. The molecule has 0 aromatic heterocycles. The predicted octanol–water partition coefficient (Wildman–Crippen LogP) is 3.94. The van der Waals surface area contributed by atoms with Crippen LogP contribution in [0.25, 0.3) is 0 Å². The normalized spacial score (nSPS) is 22.8. The average molecular weight is 379 g/mol. The lowest BCUT2D eigenvalue weighted by Crippen LogP contribution is -2.40. The summed E-state index contributed by atoms with van der Waals surface area (Å²) in [6.45, 7) is 5.77. The Kier molecular flexibility index (Phi) is 5.20. The minimum absolute atomic E-state index is 0.0273. The van der Waals surface area contributed by atoms with Gasteiger partial charge in [0, 0.05) is 5.02 Å². The molecule has 1 amide bonds. The van der Waals surface area contributed by atoms with Gasteiger partial charge >= 0.3 is 5.97 Å². The van der Waals surface area contributed by atoms with Crippen molar-refractivity contribution in [2.45, 2.75) is 38.5 Å². The fraction of sp³-hybridized carbons (Fsp3) is 0.389. The van der Waals surface area contributed by atoms with Gasteiger partial charge in [-0.1, -0.05) is 42.4 Å². The van der Waals surface area contributed by atoms with E-state index < -0.39 is 12.0 Å². The molecular weight excluding hydrogens is 360 g/mol. The molecule has 2 aliphatic rings. The molecule has 2 heterocycles. The van der Waals surface area contributed by atoms with Crippen LogP contribution in [-0.4, -0.2) is 33.8 Å². The van der Waals surface area contributed by atoms with Crippen LogP contribution in [0.5, 0.6) is 0 Å². The summed E-state index contributed by atoms with van der Waals surface area (Å²) < 4.78 is 5.23. The maximum Gasteiger partial charge on any atom is 0.338 e. The van der Waals surface area contributed by atoms with Gasteiger partial charge in [-0.3, -0.25) is 9.69 Å². The van der Waals surface area contributed by atoms with Gasteiger partial charge in [0.2, 0.25) is 5.91 Å². The van der Waals surface area contributed by atoms with Gasteiger partial charge in [0.25, 0.3) is 0 Å². The van der Waals surface area contributed by atoms with Crippen LogP contribution in [0.1, 0.15) is 38.8 Å². The van der Waals surface area contributed by atoms with E-state index >= 15 is 0 Å². The molecule has 3 rings (SSSR count). The number of aliphatic imine (C=N–C) groups is 1. The van der Waals surface area contributed by atoms with Crippen LogP contribution in [-0.2, 0) is 14.3 Å². The van der Waals surface area contributed by atoms with E-state index in [1.54, 1.807) is 30.9 Å². The Morgan fingerprint density at radius 3 is 2.60 bits per heavy atom. The number of hydrogen-bond acceptors (Lipinski definition) is 5. The van der Waals surface area contributed by atoms with E-state index in [2.05, 4.69) is 4.99 Å². The van der Waals surface area contributed by atoms with E-state index in [4.69, 9.17) is 16.3 Å². The summed E-state index contributed by atoms with van der Waals surface area (Å²) in [4.78, 5) is 31.6. The molecular formula is C18H19ClN2O3S. The maximum absolute atomic E-state index is 12.9. The van der Waals surface area contributed by atoms with Crippen LogP contribution in [0.15, 0.2) is 40.5 Å². The van der Waals surface area contributed by atoms with Crippen molar-refractivity contribution < 1.29 is 14.3 Å². The van der Waals surface area contributed by atoms with Gasteiger partial charge in [0.05, 0.1) is 29.2 Å². The van der Waals surface area contributed by atoms with Crippen molar-refractivity contribution in [1.82, 2.24) is 4.90 Å². The Morgan fingerprint density at radius 2 is 2.00 bits per heavy atom. The van der Waals surface area contributed by atoms with E-state index in [9.17, 15) is 9.59 Å². The number of carbonyl (C=O) groups is 2. The van der Waals surface area contributed by atoms with E-state index in [1.165, 1.54) is 11.8 Å². The number of allylic oxidation sites excluding steroid dienone is 1. The summed E-state index contributed by atoms with van der Waals surface area (Å²) in [7, 11) is 0. The molecule has 0 radical (unpaired) electrons. The SMILES string of the molecule is CCOC(=O)C1=C(C)N=C2S[C@@H](CC)C(=O)N2[C@@H]1c1ccc(Cl)cc1. The fourth-order valence-corrected chi connectivity index (χ4v) is 4.28. The number of halogens is 1. The van der Waals surface area contributed by atoms with Gasteiger partial charge in [-0.2, -0.15) is 0 Å². The second kappa shape index (κ2) is 7.22. The second-order valence-corrected chi connectivity index (χ2v) is 7.40. The molecule has 2 aliphatic heterocycles. The minimum atomic E-state index is -0.541. The standard InChI is InChI=1S/C18H19ClN2O3S/c1-4-13-16(22)21-15(11-6-8-12(19)9-7-11)14(17(23)24-5-2)10(3)20-18(21)25-13/h6-9,13,15H,4-5H2,1-3H3/t13-,15+/m0/s1. The highest BCUT2D eigenvalue weighted by Gasteiger charge is 2.47. The Bertz CT molecular complexity index is 773. The number of benzene rings is 1. The van der Waals surface area contributed by atoms with Crippen LogP contribution in [0, 0.1) is 0 Å². The van der Waals surface area contributed by atoms with Crippen molar-refractivity contribution in [1.29, 1.82) is 0 Å². The Hall–Kier alpha value is -1.79. The summed E-state index contributed by atoms with van der Waals surface area (Å²) >= 11 is 7.45. The number of nitrogens with zero attached hydrogens (tertiary/aromatic N) is 2. The molecule has 1 aromatic rings. The Morgan fingerprint density at radius 1 is 1.32 bits per heavy atom. The van der Waals surface area contributed by atoms with Gasteiger partial charge in [-0.25, -0.2) is 9.79 Å². The van der Waals surface area contributed by atoms with Gasteiger partial charge in [0.15, 0.2) is 5.17 Å². The maximum atomic E-state index is 12.9. The molecule has 0 unspecified atom stereocenters. The molecule has 0 aliphatic carbocycles. The summed E-state index contributed by atoms with van der Waals surface area (Å²) in [5, 5.41) is 1.06. The lowest BCUT2D eigenvalue weighted by molar-refractivity contribution is -0.139. The fourth-order valence-electron chi connectivity index (χ4n) is 3.02. The average Bonchev–Trinajstić information content (AvgIpc) is 2.90. The van der Waals surface area contributed by atoms with E-state index in [0.717, 1.165) is 5.56 Å². The van der Waals surface area contributed by atoms with Crippen molar-refractivity contribution in [2.24, 2.45) is 4.99 Å². The van der Waals surface area contributed by atoms with Crippen molar-refractivity contribution >= 4 is 40.4 Å². The number of rotatable bonds is 4. The zero-order chi connectivity index (χ0) is 18.1. The van der Waals surface area contributed by atoms with Gasteiger partial charge in [-0.05, 0) is 38.0 Å². The summed E-state index contributed by atoms with van der Waals surface area (Å²) in [6.07, 6.45) is 0.708. The van der Waals surface area contributed by atoms with Crippen molar-refractivity contribution in [3.63, 3.8) is 0 Å². The number of hydrogen-bond donors (Lipinski definition) is 0. The highest BCUT2D eigenvalue weighted by atomic mass is 35.5. The number of ether oxygens (including phenoxy) is 1. The molecule has 25 heavy (non-hydrogen) atoms. The highest BCUT2D eigenvalue weighted by molar-refractivity contribution is 8.15. The predicted molar refractivity (Wildman–Crippen MR) is 99.5 cm³/mol. The van der Waals surface area contributed by atoms with Crippen LogP contribution in [0.2, 0.25) is 5.02 Å². The Balaban J connectivity index is 2.13. The second-order valence-electron chi connectivity index (χ2n) is 5.79. The molecule has 5 nitrogen and oxygen atoms in total. The minimum Gasteiger partial charge on any atom is -0.463 e. The first-order valence-electron chi connectivity index (χ1n) is 8.19. The molecule has 1 saturated heterocycles. The van der Waals surface area contributed by atoms with Crippen LogP contribution in [0.3, 0.4) is 0 Å². The molecule has 2 atom stereocenters. The Labute approximate surface area is 156 Å². The van der Waals surface area contributed by atoms with E-state index in [-0.39, 0.29) is 17.8 Å². The van der Waals surface area contributed by atoms with Gasteiger partial charge in [-0.15, -0.1) is 0 Å². The third-order valence-electron chi connectivity index (χ3n) is 4.20. The molecule has 132 valence electrons. The number of esters is 1. The lowest BCUT2D eigenvalue weighted by atomic mass is 9.94. The van der Waals surface area contributed by atoms with Crippen LogP contribution in [0.4, 0.5) is 0 Å². The zero-order valence-corrected chi connectivity index (χ0v) is 15.9. The van der Waals surface area contributed by atoms with Crippen LogP contribution < -0.4 is 0 Å². The topological polar surface area (TPSA) is 59.0 Å². The van der Waals surface area contributed by atoms with Crippen LogP contribution >= 0.6 is 23.4 Å². The summed E-state index contributed by atoms with van der Waals surface area (Å²) in [5.41, 5.74) is 1.80. The monoisotopic (exact) mass is 378 g/mol. The van der Waals surface area contributed by atoms with Gasteiger partial charge < -0.3 is 4.74 Å². The number of carbonyl (C=O) groups excluding carboxylic acids is 2. The third kappa shape index (κ3) is 3.20. The molecule has 0 bridgehead atoms. The third-order valence-corrected chi connectivity index (χ3v) is 5.77. The van der Waals surface area contributed by atoms with Gasteiger partial charge in [0.1, 0.15) is 0 Å². The van der Waals surface area contributed by atoms with E-state index in [1.807, 2.05) is 19.1 Å². The molecule has 0 spiro atoms. The highest BCUT2D eigenvalue weighted by Crippen LogP contribution is 2.44. The van der Waals surface area contributed by atoms with Crippen molar-refractivity contribution in [2.75, 3.05) is 6.61 Å². The lowest BCUT2D eigenvalue weighted by Gasteiger charge is -2.33. The summed E-state index contributed by atoms with van der Waals surface area (Å²) in [6, 6.07) is 6.64. The van der Waals surface area contributed by atoms with Crippen molar-refractivity contribution in [3.05, 3.63) is 46.1 Å². The molecule has 0 saturated carbocycles. The molecule has 7 heteroatoms. The molecule has 0 N–H and O–H groups in total. The first-order valence-corrected chi connectivity index (χ1v) is 9.45. The largest absolute Gasteiger partial charge is 0.463 e. The molecule has 1 fully saturated rings. The smallest absolute Gasteiger partial charge is 0.338 e. The zero-order valence-electron chi connectivity index (χ0n) is 14.3.